The lowest BCUT2D eigenvalue weighted by Crippen LogP contribution is -2.42. The van der Waals surface area contributed by atoms with Gasteiger partial charge >= 0.3 is 0 Å². The first-order chi connectivity index (χ1) is 21.8. The number of anilines is 1. The Morgan fingerprint density at radius 3 is 2.16 bits per heavy atom. The summed E-state index contributed by atoms with van der Waals surface area (Å²) in [4.78, 5) is 32.8. The van der Waals surface area contributed by atoms with E-state index in [0.717, 1.165) is 45.8 Å². The summed E-state index contributed by atoms with van der Waals surface area (Å²) in [6.07, 6.45) is 1.01. The molecule has 45 heavy (non-hydrogen) atoms. The standard InChI is InChI=1S/C38H33ClN2O4/c1-24(2)18-25-4-6-27(7-5-25)33-19-30(26-10-15-32(44-3)16-11-26)20-34(40-33)29-12-17-37-35(21-29)41(38(43)23-45-37)22-36(42)28-8-13-31(39)14-9-28/h4-17,19-21,24H,18,22-23H2,1-3H3. The SMILES string of the molecule is COc1ccc(-c2cc(-c3ccc(CC(C)C)cc3)nc(-c3ccc4c(c3)N(CC(=O)c3ccc(Cl)cc3)C(=O)CO4)c2)cc1. The molecule has 1 aliphatic rings. The Morgan fingerprint density at radius 1 is 0.844 bits per heavy atom. The summed E-state index contributed by atoms with van der Waals surface area (Å²) in [5.74, 6) is 1.40. The Bertz CT molecular complexity index is 1850. The number of halogens is 1. The maximum Gasteiger partial charge on any atom is 0.265 e. The van der Waals surface area contributed by atoms with Crippen LogP contribution in [-0.2, 0) is 11.2 Å². The summed E-state index contributed by atoms with van der Waals surface area (Å²) >= 11 is 6.01. The van der Waals surface area contributed by atoms with E-state index in [0.29, 0.717) is 27.9 Å². The molecule has 1 aliphatic heterocycles. The molecule has 0 spiro atoms. The van der Waals surface area contributed by atoms with Gasteiger partial charge in [0, 0.05) is 21.7 Å². The number of amides is 1. The second-order valence-electron chi connectivity index (χ2n) is 11.5. The van der Waals surface area contributed by atoms with Gasteiger partial charge in [-0.1, -0.05) is 61.8 Å². The zero-order valence-electron chi connectivity index (χ0n) is 25.4. The maximum absolute atomic E-state index is 13.2. The fourth-order valence-corrected chi connectivity index (χ4v) is 5.59. The van der Waals surface area contributed by atoms with Crippen LogP contribution in [0.25, 0.3) is 33.6 Å². The molecular weight excluding hydrogens is 584 g/mol. The third-order valence-electron chi connectivity index (χ3n) is 7.81. The molecule has 0 saturated heterocycles. The van der Waals surface area contributed by atoms with E-state index in [1.807, 2.05) is 48.5 Å². The molecule has 0 atom stereocenters. The Balaban J connectivity index is 1.40. The first kappa shape index (κ1) is 30.1. The van der Waals surface area contributed by atoms with Crippen molar-refractivity contribution in [2.45, 2.75) is 20.3 Å². The molecule has 6 rings (SSSR count). The second-order valence-corrected chi connectivity index (χ2v) is 12.0. The van der Waals surface area contributed by atoms with Crippen LogP contribution in [0.15, 0.2) is 103 Å². The minimum atomic E-state index is -0.288. The van der Waals surface area contributed by atoms with Crippen LogP contribution in [0.1, 0.15) is 29.8 Å². The van der Waals surface area contributed by atoms with Crippen LogP contribution >= 0.6 is 11.6 Å². The number of fused-ring (bicyclic) bond motifs is 1. The highest BCUT2D eigenvalue weighted by atomic mass is 35.5. The molecule has 0 aliphatic carbocycles. The number of Topliss-reactive ketones (excluding diaryl/α,β-unsaturated/α-hetero) is 1. The van der Waals surface area contributed by atoms with Crippen molar-refractivity contribution in [3.05, 3.63) is 119 Å². The molecule has 0 bridgehead atoms. The summed E-state index contributed by atoms with van der Waals surface area (Å²) in [6.45, 7) is 4.17. The number of aromatic nitrogens is 1. The van der Waals surface area contributed by atoms with Crippen molar-refractivity contribution in [1.29, 1.82) is 0 Å². The highest BCUT2D eigenvalue weighted by Gasteiger charge is 2.28. The predicted molar refractivity (Wildman–Crippen MR) is 179 cm³/mol. The van der Waals surface area contributed by atoms with Crippen LogP contribution in [0, 0.1) is 5.92 Å². The topological polar surface area (TPSA) is 68.7 Å². The average Bonchev–Trinajstić information content (AvgIpc) is 3.06. The highest BCUT2D eigenvalue weighted by molar-refractivity contribution is 6.30. The van der Waals surface area contributed by atoms with Crippen molar-refractivity contribution in [3.8, 4) is 45.1 Å². The number of ether oxygens (including phenoxy) is 2. The maximum atomic E-state index is 13.2. The van der Waals surface area contributed by atoms with Gasteiger partial charge in [0.1, 0.15) is 11.5 Å². The molecule has 6 nitrogen and oxygen atoms in total. The molecule has 1 amide bonds. The molecule has 0 saturated carbocycles. The smallest absolute Gasteiger partial charge is 0.265 e. The first-order valence-corrected chi connectivity index (χ1v) is 15.3. The van der Waals surface area contributed by atoms with Crippen LogP contribution in [0.2, 0.25) is 5.02 Å². The number of ketones is 1. The normalized spacial score (nSPS) is 12.6. The highest BCUT2D eigenvalue weighted by Crippen LogP contribution is 2.38. The van der Waals surface area contributed by atoms with Crippen LogP contribution in [0.5, 0.6) is 11.5 Å². The van der Waals surface area contributed by atoms with Gasteiger partial charge in [0.25, 0.3) is 5.91 Å². The van der Waals surface area contributed by atoms with Gasteiger partial charge in [-0.3, -0.25) is 14.5 Å². The third kappa shape index (κ3) is 6.76. The van der Waals surface area contributed by atoms with E-state index < -0.39 is 0 Å². The summed E-state index contributed by atoms with van der Waals surface area (Å²) in [7, 11) is 1.65. The predicted octanol–water partition coefficient (Wildman–Crippen LogP) is 8.55. The van der Waals surface area contributed by atoms with E-state index in [1.54, 1.807) is 31.4 Å². The molecule has 4 aromatic carbocycles. The van der Waals surface area contributed by atoms with Crippen LogP contribution in [0.4, 0.5) is 5.69 Å². The summed E-state index contributed by atoms with van der Waals surface area (Å²) in [5, 5.41) is 0.541. The largest absolute Gasteiger partial charge is 0.497 e. The molecule has 226 valence electrons. The number of methoxy groups -OCH3 is 1. The van der Waals surface area contributed by atoms with Gasteiger partial charge in [-0.25, -0.2) is 4.98 Å². The van der Waals surface area contributed by atoms with E-state index in [2.05, 4.69) is 44.2 Å². The molecule has 0 fully saturated rings. The van der Waals surface area contributed by atoms with E-state index in [4.69, 9.17) is 26.1 Å². The number of hydrogen-bond acceptors (Lipinski definition) is 5. The van der Waals surface area contributed by atoms with Gasteiger partial charge in [0.2, 0.25) is 0 Å². The van der Waals surface area contributed by atoms with Gasteiger partial charge in [-0.15, -0.1) is 0 Å². The van der Waals surface area contributed by atoms with E-state index in [1.165, 1.54) is 10.5 Å². The monoisotopic (exact) mass is 616 g/mol. The van der Waals surface area contributed by atoms with Crippen molar-refractivity contribution in [2.24, 2.45) is 5.92 Å². The molecule has 1 aromatic heterocycles. The van der Waals surface area contributed by atoms with Crippen molar-refractivity contribution >= 4 is 29.0 Å². The Morgan fingerprint density at radius 2 is 1.49 bits per heavy atom. The number of benzene rings is 4. The molecule has 0 radical (unpaired) electrons. The molecule has 0 unspecified atom stereocenters. The number of carbonyl (C=O) groups is 2. The van der Waals surface area contributed by atoms with Crippen molar-refractivity contribution in [2.75, 3.05) is 25.2 Å². The molecule has 0 N–H and O–H groups in total. The van der Waals surface area contributed by atoms with Crippen LogP contribution in [0.3, 0.4) is 0 Å². The van der Waals surface area contributed by atoms with E-state index in [9.17, 15) is 9.59 Å². The summed E-state index contributed by atoms with van der Waals surface area (Å²) in [5.41, 5.74) is 7.66. The molecule has 2 heterocycles. The molecule has 7 heteroatoms. The first-order valence-electron chi connectivity index (χ1n) is 14.9. The minimum absolute atomic E-state index is 0.117. The van der Waals surface area contributed by atoms with E-state index in [-0.39, 0.29) is 24.8 Å². The third-order valence-corrected chi connectivity index (χ3v) is 8.06. The van der Waals surface area contributed by atoms with Crippen LogP contribution in [-0.4, -0.2) is 36.9 Å². The number of carbonyl (C=O) groups excluding carboxylic acids is 2. The fourth-order valence-electron chi connectivity index (χ4n) is 5.46. The second kappa shape index (κ2) is 13.0. The van der Waals surface area contributed by atoms with Crippen molar-refractivity contribution in [1.82, 2.24) is 4.98 Å². The van der Waals surface area contributed by atoms with Gasteiger partial charge in [0.05, 0.1) is 30.7 Å². The van der Waals surface area contributed by atoms with Gasteiger partial charge in [-0.2, -0.15) is 0 Å². The van der Waals surface area contributed by atoms with Gasteiger partial charge in [-0.05, 0) is 95.8 Å². The zero-order chi connectivity index (χ0) is 31.5. The van der Waals surface area contributed by atoms with Gasteiger partial charge < -0.3 is 9.47 Å². The number of nitrogens with zero attached hydrogens (tertiary/aromatic N) is 2. The summed E-state index contributed by atoms with van der Waals surface area (Å²) < 4.78 is 11.1. The van der Waals surface area contributed by atoms with Crippen molar-refractivity contribution in [3.63, 3.8) is 0 Å². The number of hydrogen-bond donors (Lipinski definition) is 0. The van der Waals surface area contributed by atoms with Gasteiger partial charge in [0.15, 0.2) is 12.4 Å². The van der Waals surface area contributed by atoms with E-state index >= 15 is 0 Å². The van der Waals surface area contributed by atoms with Crippen molar-refractivity contribution < 1.29 is 19.1 Å². The lowest BCUT2D eigenvalue weighted by atomic mass is 9.97. The molecular formula is C38H33ClN2O4. The quantitative estimate of drug-likeness (QED) is 0.155. The summed E-state index contributed by atoms with van der Waals surface area (Å²) in [6, 6.07) is 32.9. The lowest BCUT2D eigenvalue weighted by molar-refractivity contribution is -0.121. The molecule has 5 aromatic rings. The average molecular weight is 617 g/mol. The van der Waals surface area contributed by atoms with Crippen LogP contribution < -0.4 is 14.4 Å². The number of pyridine rings is 1. The fraction of sp³-hybridized carbons (Fsp3) is 0.184. The Labute approximate surface area is 268 Å². The zero-order valence-corrected chi connectivity index (χ0v) is 26.2. The Kier molecular flexibility index (Phi) is 8.67. The minimum Gasteiger partial charge on any atom is -0.497 e. The lowest BCUT2D eigenvalue weighted by Gasteiger charge is -2.29. The Hall–Kier alpha value is -4.94. The number of rotatable bonds is 9.